The van der Waals surface area contributed by atoms with E-state index in [1.54, 1.807) is 39.0 Å². The summed E-state index contributed by atoms with van der Waals surface area (Å²) < 4.78 is 10.2. The highest BCUT2D eigenvalue weighted by atomic mass is 35.5. The Balaban J connectivity index is 2.47. The van der Waals surface area contributed by atoms with Crippen LogP contribution < -0.4 is 10.1 Å². The highest BCUT2D eigenvalue weighted by molar-refractivity contribution is 6.32. The SMILES string of the molecule is COc1ccc(NC(=O)CCC(=O)OC(C)(C)C)cc1Cl. The summed E-state index contributed by atoms with van der Waals surface area (Å²) in [5.41, 5.74) is 0.00634. The molecule has 1 amide bonds. The maximum Gasteiger partial charge on any atom is 0.306 e. The lowest BCUT2D eigenvalue weighted by atomic mass is 10.2. The first-order valence-electron chi connectivity index (χ1n) is 6.56. The number of carbonyl (C=O) groups is 2. The predicted octanol–water partition coefficient (Wildman–Crippen LogP) is 3.41. The Hall–Kier alpha value is -1.75. The summed E-state index contributed by atoms with van der Waals surface area (Å²) in [4.78, 5) is 23.3. The summed E-state index contributed by atoms with van der Waals surface area (Å²) in [5, 5.41) is 3.07. The van der Waals surface area contributed by atoms with E-state index in [4.69, 9.17) is 21.1 Å². The number of carbonyl (C=O) groups excluding carboxylic acids is 2. The van der Waals surface area contributed by atoms with Crippen molar-refractivity contribution in [3.05, 3.63) is 23.2 Å². The van der Waals surface area contributed by atoms with Gasteiger partial charge in [0, 0.05) is 12.1 Å². The number of benzene rings is 1. The lowest BCUT2D eigenvalue weighted by molar-refractivity contribution is -0.155. The molecular formula is C15H20ClNO4. The van der Waals surface area contributed by atoms with Gasteiger partial charge in [0.1, 0.15) is 11.4 Å². The highest BCUT2D eigenvalue weighted by Crippen LogP contribution is 2.27. The Labute approximate surface area is 129 Å². The van der Waals surface area contributed by atoms with E-state index in [2.05, 4.69) is 5.32 Å². The van der Waals surface area contributed by atoms with Gasteiger partial charge in [-0.05, 0) is 39.0 Å². The van der Waals surface area contributed by atoms with E-state index in [0.717, 1.165) is 0 Å². The van der Waals surface area contributed by atoms with E-state index in [1.807, 2.05) is 0 Å². The molecule has 0 aromatic heterocycles. The van der Waals surface area contributed by atoms with E-state index < -0.39 is 11.6 Å². The molecule has 6 heteroatoms. The Morgan fingerprint density at radius 2 is 1.90 bits per heavy atom. The Morgan fingerprint density at radius 1 is 1.24 bits per heavy atom. The van der Waals surface area contributed by atoms with Crippen molar-refractivity contribution in [1.82, 2.24) is 0 Å². The van der Waals surface area contributed by atoms with Gasteiger partial charge in [-0.1, -0.05) is 11.6 Å². The number of nitrogens with one attached hydrogen (secondary N) is 1. The minimum atomic E-state index is -0.545. The molecule has 116 valence electrons. The molecular weight excluding hydrogens is 294 g/mol. The quantitative estimate of drug-likeness (QED) is 0.846. The molecule has 1 N–H and O–H groups in total. The maximum atomic E-state index is 11.8. The molecule has 0 spiro atoms. The fourth-order valence-corrected chi connectivity index (χ4v) is 1.83. The fraction of sp³-hybridized carbons (Fsp3) is 0.467. The largest absolute Gasteiger partial charge is 0.495 e. The van der Waals surface area contributed by atoms with E-state index >= 15 is 0 Å². The number of ether oxygens (including phenoxy) is 2. The molecule has 0 unspecified atom stereocenters. The third kappa shape index (κ3) is 6.49. The van der Waals surface area contributed by atoms with E-state index in [1.165, 1.54) is 7.11 Å². The second-order valence-electron chi connectivity index (χ2n) is 5.48. The van der Waals surface area contributed by atoms with E-state index in [-0.39, 0.29) is 18.7 Å². The summed E-state index contributed by atoms with van der Waals surface area (Å²) in [6, 6.07) is 4.92. The summed E-state index contributed by atoms with van der Waals surface area (Å²) >= 11 is 5.96. The fourth-order valence-electron chi connectivity index (χ4n) is 1.58. The summed E-state index contributed by atoms with van der Waals surface area (Å²) in [6.07, 6.45) is 0.0888. The molecule has 0 saturated heterocycles. The van der Waals surface area contributed by atoms with Gasteiger partial charge in [0.25, 0.3) is 0 Å². The predicted molar refractivity (Wildman–Crippen MR) is 81.7 cm³/mol. The molecule has 0 fully saturated rings. The van der Waals surface area contributed by atoms with Crippen LogP contribution in [0.3, 0.4) is 0 Å². The first kappa shape index (κ1) is 17.3. The molecule has 0 radical (unpaired) electrons. The highest BCUT2D eigenvalue weighted by Gasteiger charge is 2.17. The van der Waals surface area contributed by atoms with Crippen molar-refractivity contribution in [2.75, 3.05) is 12.4 Å². The molecule has 0 heterocycles. The average molecular weight is 314 g/mol. The molecule has 0 aliphatic rings. The number of halogens is 1. The van der Waals surface area contributed by atoms with Crippen molar-refractivity contribution in [2.24, 2.45) is 0 Å². The maximum absolute atomic E-state index is 11.8. The summed E-state index contributed by atoms with van der Waals surface area (Å²) in [6.45, 7) is 5.35. The van der Waals surface area contributed by atoms with Gasteiger partial charge >= 0.3 is 5.97 Å². The van der Waals surface area contributed by atoms with E-state index in [0.29, 0.717) is 16.5 Å². The van der Waals surface area contributed by atoms with Crippen molar-refractivity contribution < 1.29 is 19.1 Å². The van der Waals surface area contributed by atoms with Crippen LogP contribution in [0.2, 0.25) is 5.02 Å². The molecule has 0 saturated carbocycles. The van der Waals surface area contributed by atoms with Crippen LogP contribution in [0.1, 0.15) is 33.6 Å². The van der Waals surface area contributed by atoms with Gasteiger partial charge in [-0.25, -0.2) is 0 Å². The lowest BCUT2D eigenvalue weighted by Gasteiger charge is -2.19. The first-order valence-corrected chi connectivity index (χ1v) is 6.94. The lowest BCUT2D eigenvalue weighted by Crippen LogP contribution is -2.24. The molecule has 1 aromatic carbocycles. The number of methoxy groups -OCH3 is 1. The monoisotopic (exact) mass is 313 g/mol. The van der Waals surface area contributed by atoms with Crippen LogP contribution in [-0.2, 0) is 14.3 Å². The van der Waals surface area contributed by atoms with Gasteiger partial charge in [0.2, 0.25) is 5.91 Å². The molecule has 5 nitrogen and oxygen atoms in total. The molecule has 1 rings (SSSR count). The van der Waals surface area contributed by atoms with Crippen LogP contribution >= 0.6 is 11.6 Å². The van der Waals surface area contributed by atoms with Crippen molar-refractivity contribution in [3.8, 4) is 5.75 Å². The minimum absolute atomic E-state index is 0.0347. The molecule has 0 aliphatic carbocycles. The van der Waals surface area contributed by atoms with Crippen LogP contribution in [0.25, 0.3) is 0 Å². The van der Waals surface area contributed by atoms with Gasteiger partial charge in [-0.15, -0.1) is 0 Å². The van der Waals surface area contributed by atoms with Crippen molar-refractivity contribution in [1.29, 1.82) is 0 Å². The first-order chi connectivity index (χ1) is 9.71. The third-order valence-electron chi connectivity index (χ3n) is 2.41. The zero-order chi connectivity index (χ0) is 16.0. The van der Waals surface area contributed by atoms with Crippen LogP contribution in [-0.4, -0.2) is 24.6 Å². The zero-order valence-electron chi connectivity index (χ0n) is 12.7. The molecule has 0 atom stereocenters. The number of hydrogen-bond acceptors (Lipinski definition) is 4. The number of amides is 1. The Kier molecular flexibility index (Phi) is 6.03. The Morgan fingerprint density at radius 3 is 2.43 bits per heavy atom. The summed E-state index contributed by atoms with van der Waals surface area (Å²) in [5.74, 6) is -0.143. The molecule has 0 aliphatic heterocycles. The normalized spacial score (nSPS) is 10.9. The van der Waals surface area contributed by atoms with Crippen LogP contribution in [0, 0.1) is 0 Å². The van der Waals surface area contributed by atoms with Crippen LogP contribution in [0.5, 0.6) is 5.75 Å². The van der Waals surface area contributed by atoms with Gasteiger partial charge in [-0.3, -0.25) is 9.59 Å². The minimum Gasteiger partial charge on any atom is -0.495 e. The third-order valence-corrected chi connectivity index (χ3v) is 2.71. The standard InChI is InChI=1S/C15H20ClNO4/c1-15(2,3)21-14(19)8-7-13(18)17-10-5-6-12(20-4)11(16)9-10/h5-6,9H,7-8H2,1-4H3,(H,17,18). The number of hydrogen-bond donors (Lipinski definition) is 1. The topological polar surface area (TPSA) is 64.6 Å². The molecule has 0 bridgehead atoms. The van der Waals surface area contributed by atoms with Crippen LogP contribution in [0.4, 0.5) is 5.69 Å². The van der Waals surface area contributed by atoms with Gasteiger partial charge < -0.3 is 14.8 Å². The van der Waals surface area contributed by atoms with Crippen LogP contribution in [0.15, 0.2) is 18.2 Å². The van der Waals surface area contributed by atoms with E-state index in [9.17, 15) is 9.59 Å². The zero-order valence-corrected chi connectivity index (χ0v) is 13.4. The number of esters is 1. The van der Waals surface area contributed by atoms with Crippen molar-refractivity contribution >= 4 is 29.2 Å². The summed E-state index contributed by atoms with van der Waals surface area (Å²) in [7, 11) is 1.51. The van der Waals surface area contributed by atoms with Gasteiger partial charge in [0.05, 0.1) is 18.6 Å². The van der Waals surface area contributed by atoms with Crippen molar-refractivity contribution in [2.45, 2.75) is 39.2 Å². The van der Waals surface area contributed by atoms with Gasteiger partial charge in [-0.2, -0.15) is 0 Å². The number of rotatable bonds is 5. The molecule has 21 heavy (non-hydrogen) atoms. The van der Waals surface area contributed by atoms with Crippen molar-refractivity contribution in [3.63, 3.8) is 0 Å². The smallest absolute Gasteiger partial charge is 0.306 e. The van der Waals surface area contributed by atoms with Gasteiger partial charge in [0.15, 0.2) is 0 Å². The second kappa shape index (κ2) is 7.31. The number of anilines is 1. The molecule has 1 aromatic rings. The average Bonchev–Trinajstić information content (AvgIpc) is 2.34. The Bertz CT molecular complexity index is 523. The second-order valence-corrected chi connectivity index (χ2v) is 5.89.